The predicted octanol–water partition coefficient (Wildman–Crippen LogP) is 2.05. The van der Waals surface area contributed by atoms with Crippen LogP contribution in [0.5, 0.6) is 5.88 Å². The van der Waals surface area contributed by atoms with Crippen LogP contribution in [0, 0.1) is 0 Å². The quantitative estimate of drug-likeness (QED) is 0.748. The van der Waals surface area contributed by atoms with E-state index in [1.807, 2.05) is 0 Å². The van der Waals surface area contributed by atoms with Crippen molar-refractivity contribution >= 4 is 17.6 Å². The molecule has 0 bridgehead atoms. The molecular weight excluding hydrogens is 296 g/mol. The molecule has 1 aromatic heterocycles. The zero-order valence-corrected chi connectivity index (χ0v) is 13.4. The van der Waals surface area contributed by atoms with E-state index < -0.39 is 0 Å². The second-order valence-electron chi connectivity index (χ2n) is 5.62. The van der Waals surface area contributed by atoms with E-state index in [0.717, 1.165) is 12.8 Å². The first-order valence-electron chi connectivity index (χ1n) is 8.01. The summed E-state index contributed by atoms with van der Waals surface area (Å²) < 4.78 is 4.95. The van der Waals surface area contributed by atoms with E-state index in [2.05, 4.69) is 20.9 Å². The molecule has 0 aromatic carbocycles. The molecule has 1 fully saturated rings. The molecule has 1 aliphatic rings. The normalized spacial score (nSPS) is 14.8. The van der Waals surface area contributed by atoms with Crippen molar-refractivity contribution in [1.29, 1.82) is 0 Å². The summed E-state index contributed by atoms with van der Waals surface area (Å²) in [4.78, 5) is 27.5. The third-order valence-corrected chi connectivity index (χ3v) is 3.81. The Morgan fingerprint density at radius 3 is 2.70 bits per heavy atom. The van der Waals surface area contributed by atoms with Crippen LogP contribution < -0.4 is 20.7 Å². The van der Waals surface area contributed by atoms with Gasteiger partial charge in [0.05, 0.1) is 19.0 Å². The van der Waals surface area contributed by atoms with Crippen LogP contribution in [-0.4, -0.2) is 36.6 Å². The molecule has 3 amide bonds. The number of urea groups is 1. The van der Waals surface area contributed by atoms with Gasteiger partial charge in [0, 0.05) is 25.1 Å². The standard InChI is InChI=1S/C16H24N4O3/c1-23-15-8-7-13(11-18-15)19-14(21)9-10-17-16(22)20-12-5-3-2-4-6-12/h7-8,11-12H,2-6,9-10H2,1H3,(H,19,21)(H2,17,20,22). The molecule has 0 spiro atoms. The number of carbonyl (C=O) groups is 2. The van der Waals surface area contributed by atoms with E-state index in [1.165, 1.54) is 32.6 Å². The first kappa shape index (κ1) is 17.1. The number of methoxy groups -OCH3 is 1. The van der Waals surface area contributed by atoms with Crippen molar-refractivity contribution in [1.82, 2.24) is 15.6 Å². The molecule has 0 atom stereocenters. The second kappa shape index (κ2) is 8.97. The van der Waals surface area contributed by atoms with Gasteiger partial charge in [0.15, 0.2) is 0 Å². The Morgan fingerprint density at radius 1 is 1.26 bits per heavy atom. The number of hydrogen-bond donors (Lipinski definition) is 3. The van der Waals surface area contributed by atoms with E-state index in [1.54, 1.807) is 12.1 Å². The van der Waals surface area contributed by atoms with Gasteiger partial charge in [-0.15, -0.1) is 0 Å². The molecule has 0 aliphatic heterocycles. The SMILES string of the molecule is COc1ccc(NC(=O)CCNC(=O)NC2CCCCC2)cn1. The summed E-state index contributed by atoms with van der Waals surface area (Å²) in [6.45, 7) is 0.300. The average Bonchev–Trinajstić information content (AvgIpc) is 2.56. The molecule has 2 rings (SSSR count). The van der Waals surface area contributed by atoms with Gasteiger partial charge in [-0.1, -0.05) is 19.3 Å². The van der Waals surface area contributed by atoms with Gasteiger partial charge in [-0.25, -0.2) is 9.78 Å². The lowest BCUT2D eigenvalue weighted by Gasteiger charge is -2.22. The summed E-state index contributed by atoms with van der Waals surface area (Å²) in [6, 6.07) is 3.46. The predicted molar refractivity (Wildman–Crippen MR) is 87.4 cm³/mol. The maximum absolute atomic E-state index is 11.8. The lowest BCUT2D eigenvalue weighted by Crippen LogP contribution is -2.43. The van der Waals surface area contributed by atoms with Gasteiger partial charge in [-0.2, -0.15) is 0 Å². The van der Waals surface area contributed by atoms with Gasteiger partial charge in [-0.05, 0) is 18.9 Å². The largest absolute Gasteiger partial charge is 0.481 e. The van der Waals surface area contributed by atoms with E-state index in [0.29, 0.717) is 18.1 Å². The number of carbonyl (C=O) groups excluding carboxylic acids is 2. The molecule has 0 unspecified atom stereocenters. The summed E-state index contributed by atoms with van der Waals surface area (Å²) >= 11 is 0. The number of aromatic nitrogens is 1. The fraction of sp³-hybridized carbons (Fsp3) is 0.562. The van der Waals surface area contributed by atoms with Gasteiger partial charge in [0.25, 0.3) is 0 Å². The highest BCUT2D eigenvalue weighted by Crippen LogP contribution is 2.17. The van der Waals surface area contributed by atoms with Crippen molar-refractivity contribution in [2.45, 2.75) is 44.6 Å². The van der Waals surface area contributed by atoms with Crippen LogP contribution in [0.4, 0.5) is 10.5 Å². The number of nitrogens with zero attached hydrogens (tertiary/aromatic N) is 1. The van der Waals surface area contributed by atoms with Crippen LogP contribution >= 0.6 is 0 Å². The lowest BCUT2D eigenvalue weighted by molar-refractivity contribution is -0.116. The highest BCUT2D eigenvalue weighted by Gasteiger charge is 2.15. The van der Waals surface area contributed by atoms with Crippen molar-refractivity contribution in [3.63, 3.8) is 0 Å². The number of nitrogens with one attached hydrogen (secondary N) is 3. The zero-order chi connectivity index (χ0) is 16.5. The molecule has 1 aliphatic carbocycles. The maximum atomic E-state index is 11.8. The Balaban J connectivity index is 1.62. The van der Waals surface area contributed by atoms with Crippen molar-refractivity contribution < 1.29 is 14.3 Å². The summed E-state index contributed by atoms with van der Waals surface area (Å²) in [5.41, 5.74) is 0.599. The van der Waals surface area contributed by atoms with Crippen molar-refractivity contribution in [3.8, 4) is 5.88 Å². The molecule has 3 N–H and O–H groups in total. The molecule has 23 heavy (non-hydrogen) atoms. The van der Waals surface area contributed by atoms with Crippen molar-refractivity contribution in [2.24, 2.45) is 0 Å². The van der Waals surface area contributed by atoms with Crippen LogP contribution in [-0.2, 0) is 4.79 Å². The van der Waals surface area contributed by atoms with Crippen LogP contribution in [0.1, 0.15) is 38.5 Å². The minimum atomic E-state index is -0.198. The minimum absolute atomic E-state index is 0.171. The fourth-order valence-corrected chi connectivity index (χ4v) is 2.57. The lowest BCUT2D eigenvalue weighted by atomic mass is 9.96. The number of hydrogen-bond acceptors (Lipinski definition) is 4. The molecule has 7 nitrogen and oxygen atoms in total. The molecule has 1 heterocycles. The highest BCUT2D eigenvalue weighted by atomic mass is 16.5. The first-order valence-corrected chi connectivity index (χ1v) is 8.01. The van der Waals surface area contributed by atoms with Crippen LogP contribution in [0.2, 0.25) is 0 Å². The van der Waals surface area contributed by atoms with Gasteiger partial charge < -0.3 is 20.7 Å². The van der Waals surface area contributed by atoms with Crippen molar-refractivity contribution in [3.05, 3.63) is 18.3 Å². The summed E-state index contributed by atoms with van der Waals surface area (Å²) in [6.07, 6.45) is 7.41. The smallest absolute Gasteiger partial charge is 0.315 e. The van der Waals surface area contributed by atoms with E-state index in [-0.39, 0.29) is 24.4 Å². The minimum Gasteiger partial charge on any atom is -0.481 e. The molecule has 1 aromatic rings. The zero-order valence-electron chi connectivity index (χ0n) is 13.4. The number of rotatable bonds is 6. The first-order chi connectivity index (χ1) is 11.2. The third-order valence-electron chi connectivity index (χ3n) is 3.81. The second-order valence-corrected chi connectivity index (χ2v) is 5.62. The van der Waals surface area contributed by atoms with Crippen LogP contribution in [0.3, 0.4) is 0 Å². The Morgan fingerprint density at radius 2 is 2.04 bits per heavy atom. The Kier molecular flexibility index (Phi) is 6.65. The molecule has 1 saturated carbocycles. The van der Waals surface area contributed by atoms with E-state index in [4.69, 9.17) is 4.74 Å². The Hall–Kier alpha value is -2.31. The summed E-state index contributed by atoms with van der Waals surface area (Å²) in [7, 11) is 1.53. The van der Waals surface area contributed by atoms with Gasteiger partial charge in [0.1, 0.15) is 0 Å². The fourth-order valence-electron chi connectivity index (χ4n) is 2.57. The molecule has 7 heteroatoms. The summed E-state index contributed by atoms with van der Waals surface area (Å²) in [5, 5.41) is 8.39. The molecular formula is C16H24N4O3. The van der Waals surface area contributed by atoms with E-state index >= 15 is 0 Å². The number of pyridine rings is 1. The average molecular weight is 320 g/mol. The van der Waals surface area contributed by atoms with Gasteiger partial charge in [-0.3, -0.25) is 4.79 Å². The monoisotopic (exact) mass is 320 g/mol. The Labute approximate surface area is 136 Å². The molecule has 126 valence electrons. The maximum Gasteiger partial charge on any atom is 0.315 e. The topological polar surface area (TPSA) is 92.4 Å². The number of amides is 3. The number of anilines is 1. The Bertz CT molecular complexity index is 513. The van der Waals surface area contributed by atoms with Crippen molar-refractivity contribution in [2.75, 3.05) is 19.0 Å². The van der Waals surface area contributed by atoms with Crippen LogP contribution in [0.15, 0.2) is 18.3 Å². The summed E-state index contributed by atoms with van der Waals surface area (Å²) in [5.74, 6) is 0.319. The highest BCUT2D eigenvalue weighted by molar-refractivity contribution is 5.90. The number of ether oxygens (including phenoxy) is 1. The molecule has 0 radical (unpaired) electrons. The molecule has 0 saturated heterocycles. The van der Waals surface area contributed by atoms with E-state index in [9.17, 15) is 9.59 Å². The van der Waals surface area contributed by atoms with Gasteiger partial charge >= 0.3 is 6.03 Å². The van der Waals surface area contributed by atoms with Crippen LogP contribution in [0.25, 0.3) is 0 Å². The third kappa shape index (κ3) is 6.14. The van der Waals surface area contributed by atoms with Gasteiger partial charge in [0.2, 0.25) is 11.8 Å².